The van der Waals surface area contributed by atoms with Crippen LogP contribution in [0.4, 0.5) is 18.9 Å². The molecule has 2 aromatic carbocycles. The van der Waals surface area contributed by atoms with Crippen molar-refractivity contribution < 1.29 is 18.0 Å². The van der Waals surface area contributed by atoms with E-state index in [4.69, 9.17) is 0 Å². The second-order valence-electron chi connectivity index (χ2n) is 5.68. The van der Waals surface area contributed by atoms with Crippen molar-refractivity contribution in [2.24, 2.45) is 0 Å². The molecule has 0 fully saturated rings. The molecule has 2 N–H and O–H groups in total. The fourth-order valence-corrected chi connectivity index (χ4v) is 2.68. The quantitative estimate of drug-likeness (QED) is 0.906. The smallest absolute Gasteiger partial charge is 0.324 e. The normalized spacial score (nSPS) is 20.3. The van der Waals surface area contributed by atoms with Gasteiger partial charge in [0.15, 0.2) is 0 Å². The first-order valence-corrected chi connectivity index (χ1v) is 7.13. The van der Waals surface area contributed by atoms with E-state index in [-0.39, 0.29) is 11.6 Å². The molecule has 0 spiro atoms. The molecule has 0 radical (unpaired) electrons. The Morgan fingerprint density at radius 3 is 2.48 bits per heavy atom. The van der Waals surface area contributed by atoms with Crippen molar-refractivity contribution in [3.8, 4) is 0 Å². The number of benzene rings is 2. The van der Waals surface area contributed by atoms with E-state index in [1.807, 2.05) is 30.3 Å². The Labute approximate surface area is 131 Å². The Kier molecular flexibility index (Phi) is 3.64. The number of rotatable bonds is 3. The van der Waals surface area contributed by atoms with Gasteiger partial charge in [-0.3, -0.25) is 10.1 Å². The fraction of sp³-hybridized carbons (Fsp3) is 0.235. The van der Waals surface area contributed by atoms with Gasteiger partial charge in [0.05, 0.1) is 5.56 Å². The highest BCUT2D eigenvalue weighted by Gasteiger charge is 2.43. The van der Waals surface area contributed by atoms with Crippen molar-refractivity contribution in [2.45, 2.75) is 25.2 Å². The van der Waals surface area contributed by atoms with Gasteiger partial charge in [0, 0.05) is 17.8 Å². The van der Waals surface area contributed by atoms with Crippen LogP contribution in [0.15, 0.2) is 48.5 Å². The van der Waals surface area contributed by atoms with Crippen LogP contribution in [0.2, 0.25) is 0 Å². The number of carbonyl (C=O) groups is 1. The SMILES string of the molecule is CC1(NCc2ccccc2)C(=O)Nc2cc(C(F)(F)F)ccc21. The highest BCUT2D eigenvalue weighted by atomic mass is 19.4. The third-order valence-electron chi connectivity index (χ3n) is 4.08. The average Bonchev–Trinajstić information content (AvgIpc) is 2.77. The van der Waals surface area contributed by atoms with E-state index < -0.39 is 17.3 Å². The third kappa shape index (κ3) is 2.82. The molecule has 1 aliphatic rings. The predicted octanol–water partition coefficient (Wildman–Crippen LogP) is 3.66. The molecule has 0 saturated carbocycles. The van der Waals surface area contributed by atoms with Gasteiger partial charge in [0.1, 0.15) is 5.54 Å². The number of hydrogen-bond acceptors (Lipinski definition) is 2. The van der Waals surface area contributed by atoms with Crippen LogP contribution in [0, 0.1) is 0 Å². The van der Waals surface area contributed by atoms with E-state index >= 15 is 0 Å². The molecule has 2 aromatic rings. The maximum Gasteiger partial charge on any atom is 0.416 e. The monoisotopic (exact) mass is 320 g/mol. The van der Waals surface area contributed by atoms with Crippen LogP contribution < -0.4 is 10.6 Å². The van der Waals surface area contributed by atoms with E-state index in [2.05, 4.69) is 10.6 Å². The summed E-state index contributed by atoms with van der Waals surface area (Å²) >= 11 is 0. The standard InChI is InChI=1S/C17H15F3N2O/c1-16(21-10-11-5-3-2-4-6-11)13-8-7-12(17(18,19)20)9-14(13)22-15(16)23/h2-9,21H,10H2,1H3,(H,22,23). The molecule has 120 valence electrons. The van der Waals surface area contributed by atoms with Gasteiger partial charge in [0.2, 0.25) is 5.91 Å². The molecule has 3 rings (SSSR count). The van der Waals surface area contributed by atoms with E-state index in [1.54, 1.807) is 6.92 Å². The van der Waals surface area contributed by atoms with Crippen LogP contribution in [0.5, 0.6) is 0 Å². The maximum atomic E-state index is 12.8. The Morgan fingerprint density at radius 2 is 1.83 bits per heavy atom. The summed E-state index contributed by atoms with van der Waals surface area (Å²) in [6, 6.07) is 12.8. The number of carbonyl (C=O) groups excluding carboxylic acids is 1. The maximum absolute atomic E-state index is 12.8. The van der Waals surface area contributed by atoms with Gasteiger partial charge in [-0.1, -0.05) is 36.4 Å². The first-order chi connectivity index (χ1) is 10.8. The second-order valence-corrected chi connectivity index (χ2v) is 5.68. The number of fused-ring (bicyclic) bond motifs is 1. The molecule has 0 saturated heterocycles. The summed E-state index contributed by atoms with van der Waals surface area (Å²) in [4.78, 5) is 12.3. The lowest BCUT2D eigenvalue weighted by Crippen LogP contribution is -2.44. The number of amides is 1. The molecule has 1 aliphatic heterocycles. The zero-order valence-corrected chi connectivity index (χ0v) is 12.4. The minimum Gasteiger partial charge on any atom is -0.324 e. The van der Waals surface area contributed by atoms with Crippen molar-refractivity contribution in [1.29, 1.82) is 0 Å². The van der Waals surface area contributed by atoms with Crippen LogP contribution in [-0.2, 0) is 23.1 Å². The Bertz CT molecular complexity index is 743. The molecular weight excluding hydrogens is 305 g/mol. The first-order valence-electron chi connectivity index (χ1n) is 7.13. The van der Waals surface area contributed by atoms with Crippen molar-refractivity contribution in [1.82, 2.24) is 5.32 Å². The molecule has 0 aromatic heterocycles. The van der Waals surface area contributed by atoms with Gasteiger partial charge in [0.25, 0.3) is 0 Å². The van der Waals surface area contributed by atoms with Crippen LogP contribution in [-0.4, -0.2) is 5.91 Å². The minimum atomic E-state index is -4.43. The summed E-state index contributed by atoms with van der Waals surface area (Å²) in [7, 11) is 0. The highest BCUT2D eigenvalue weighted by Crippen LogP contribution is 2.40. The Balaban J connectivity index is 1.88. The highest BCUT2D eigenvalue weighted by molar-refractivity contribution is 6.05. The van der Waals surface area contributed by atoms with Crippen LogP contribution in [0.3, 0.4) is 0 Å². The van der Waals surface area contributed by atoms with Crippen LogP contribution in [0.25, 0.3) is 0 Å². The zero-order valence-electron chi connectivity index (χ0n) is 12.4. The van der Waals surface area contributed by atoms with Gasteiger partial charge < -0.3 is 5.32 Å². The number of alkyl halides is 3. The summed E-state index contributed by atoms with van der Waals surface area (Å²) in [5.74, 6) is -0.359. The van der Waals surface area contributed by atoms with E-state index in [0.29, 0.717) is 12.1 Å². The van der Waals surface area contributed by atoms with Gasteiger partial charge in [-0.05, 0) is 24.6 Å². The molecule has 6 heteroatoms. The minimum absolute atomic E-state index is 0.202. The van der Waals surface area contributed by atoms with E-state index in [0.717, 1.165) is 17.7 Å². The number of hydrogen-bond donors (Lipinski definition) is 2. The predicted molar refractivity (Wildman–Crippen MR) is 80.7 cm³/mol. The number of halogens is 3. The summed E-state index contributed by atoms with van der Waals surface area (Å²) in [5, 5.41) is 5.68. The molecule has 1 atom stereocenters. The van der Waals surface area contributed by atoms with Gasteiger partial charge in [-0.15, -0.1) is 0 Å². The lowest BCUT2D eigenvalue weighted by Gasteiger charge is -2.24. The van der Waals surface area contributed by atoms with E-state index in [9.17, 15) is 18.0 Å². The summed E-state index contributed by atoms with van der Waals surface area (Å²) in [5.41, 5.74) is -0.125. The lowest BCUT2D eigenvalue weighted by molar-refractivity contribution is -0.137. The lowest BCUT2D eigenvalue weighted by atomic mass is 9.92. The summed E-state index contributed by atoms with van der Waals surface area (Å²) in [6.45, 7) is 2.11. The largest absolute Gasteiger partial charge is 0.416 e. The fourth-order valence-electron chi connectivity index (χ4n) is 2.68. The van der Waals surface area contributed by atoms with Crippen molar-refractivity contribution in [3.05, 3.63) is 65.2 Å². The van der Waals surface area contributed by atoms with Gasteiger partial charge in [-0.2, -0.15) is 13.2 Å². The number of nitrogens with one attached hydrogen (secondary N) is 2. The molecule has 0 bridgehead atoms. The van der Waals surface area contributed by atoms with Crippen molar-refractivity contribution in [3.63, 3.8) is 0 Å². The molecule has 3 nitrogen and oxygen atoms in total. The summed E-state index contributed by atoms with van der Waals surface area (Å²) in [6.07, 6.45) is -4.43. The van der Waals surface area contributed by atoms with Gasteiger partial charge in [-0.25, -0.2) is 0 Å². The molecular formula is C17H15F3N2O. The van der Waals surface area contributed by atoms with Crippen molar-refractivity contribution >= 4 is 11.6 Å². The van der Waals surface area contributed by atoms with Crippen molar-refractivity contribution in [2.75, 3.05) is 5.32 Å². The number of anilines is 1. The van der Waals surface area contributed by atoms with Gasteiger partial charge >= 0.3 is 6.18 Å². The molecule has 1 amide bonds. The van der Waals surface area contributed by atoms with Crippen LogP contribution in [0.1, 0.15) is 23.6 Å². The molecule has 0 aliphatic carbocycles. The topological polar surface area (TPSA) is 41.1 Å². The Hall–Kier alpha value is -2.34. The average molecular weight is 320 g/mol. The second kappa shape index (κ2) is 5.38. The zero-order chi connectivity index (χ0) is 16.7. The Morgan fingerprint density at radius 1 is 1.13 bits per heavy atom. The molecule has 1 unspecified atom stereocenters. The third-order valence-corrected chi connectivity index (χ3v) is 4.08. The van der Waals surface area contributed by atoms with E-state index in [1.165, 1.54) is 6.07 Å². The van der Waals surface area contributed by atoms with Crippen LogP contribution >= 0.6 is 0 Å². The first kappa shape index (κ1) is 15.6. The molecule has 23 heavy (non-hydrogen) atoms. The summed E-state index contributed by atoms with van der Waals surface area (Å²) < 4.78 is 38.4. The molecule has 1 heterocycles.